The quantitative estimate of drug-likeness (QED) is 0.572. The van der Waals surface area contributed by atoms with E-state index < -0.39 is 18.1 Å². The van der Waals surface area contributed by atoms with Crippen LogP contribution in [0.3, 0.4) is 0 Å². The molecule has 1 heterocycles. The molecule has 0 spiro atoms. The minimum Gasteiger partial charge on any atom is -0.388 e. The lowest BCUT2D eigenvalue weighted by Crippen LogP contribution is -2.46. The van der Waals surface area contributed by atoms with Crippen molar-refractivity contribution in [3.63, 3.8) is 0 Å². The van der Waals surface area contributed by atoms with Crippen LogP contribution in [0.1, 0.15) is 27.6 Å². The van der Waals surface area contributed by atoms with Crippen molar-refractivity contribution in [3.8, 4) is 0 Å². The summed E-state index contributed by atoms with van der Waals surface area (Å²) in [7, 11) is 0. The van der Waals surface area contributed by atoms with Gasteiger partial charge in [0.1, 0.15) is 6.10 Å². The predicted octanol–water partition coefficient (Wildman–Crippen LogP) is 2.31. The Hall–Kier alpha value is -2.19. The van der Waals surface area contributed by atoms with Gasteiger partial charge in [-0.15, -0.1) is 0 Å². The normalized spacial score (nSPS) is 12.9. The molecule has 2 atom stereocenters. The van der Waals surface area contributed by atoms with Crippen LogP contribution in [0.2, 0.25) is 10.0 Å². The molecule has 28 heavy (non-hydrogen) atoms. The van der Waals surface area contributed by atoms with Gasteiger partial charge in [-0.3, -0.25) is 14.6 Å². The van der Waals surface area contributed by atoms with Crippen molar-refractivity contribution in [2.24, 2.45) is 0 Å². The van der Waals surface area contributed by atoms with Crippen LogP contribution in [-0.2, 0) is 4.74 Å². The van der Waals surface area contributed by atoms with Gasteiger partial charge >= 0.3 is 0 Å². The first kappa shape index (κ1) is 22.1. The molecule has 0 fully saturated rings. The number of hydrogen-bond donors (Lipinski definition) is 3. The Kier molecular flexibility index (Phi) is 8.66. The van der Waals surface area contributed by atoms with E-state index in [4.69, 9.17) is 27.9 Å². The zero-order valence-electron chi connectivity index (χ0n) is 15.2. The number of carbonyl (C=O) groups excluding carboxylic acids is 2. The summed E-state index contributed by atoms with van der Waals surface area (Å²) in [6.45, 7) is 2.05. The summed E-state index contributed by atoms with van der Waals surface area (Å²) < 4.78 is 5.49. The standard InChI is InChI=1S/C19H21Cl2N3O4/c1-2-28-16(11-24-19(27)17-13(20)8-22-9-14(17)21)15(25)10-23-18(26)12-6-4-3-5-7-12/h3-9,15-16,25H,2,10-11H2,1H3,(H,23,26)(H,24,27)/t15-,16+/m0/s1. The lowest BCUT2D eigenvalue weighted by molar-refractivity contribution is -0.0287. The molecule has 2 aromatic rings. The van der Waals surface area contributed by atoms with Crippen LogP contribution in [0.25, 0.3) is 0 Å². The fourth-order valence-electron chi connectivity index (χ4n) is 2.45. The zero-order valence-corrected chi connectivity index (χ0v) is 16.7. The van der Waals surface area contributed by atoms with Crippen molar-refractivity contribution in [3.05, 3.63) is 63.9 Å². The van der Waals surface area contributed by atoms with Gasteiger partial charge in [0.25, 0.3) is 11.8 Å². The number of carbonyl (C=O) groups is 2. The summed E-state index contributed by atoms with van der Waals surface area (Å²) >= 11 is 11.9. The summed E-state index contributed by atoms with van der Waals surface area (Å²) in [5.74, 6) is -0.822. The van der Waals surface area contributed by atoms with Gasteiger partial charge in [0, 0.05) is 37.7 Å². The van der Waals surface area contributed by atoms with Crippen LogP contribution in [0, 0.1) is 0 Å². The minimum atomic E-state index is -1.03. The highest BCUT2D eigenvalue weighted by atomic mass is 35.5. The Labute approximate surface area is 173 Å². The molecular formula is C19H21Cl2N3O4. The number of aliphatic hydroxyl groups excluding tert-OH is 1. The molecule has 1 aromatic heterocycles. The van der Waals surface area contributed by atoms with Gasteiger partial charge in [-0.2, -0.15) is 0 Å². The third kappa shape index (κ3) is 6.17. The van der Waals surface area contributed by atoms with Crippen molar-refractivity contribution in [2.45, 2.75) is 19.1 Å². The Morgan fingerprint density at radius 2 is 1.68 bits per heavy atom. The van der Waals surface area contributed by atoms with Crippen LogP contribution < -0.4 is 10.6 Å². The van der Waals surface area contributed by atoms with Crippen molar-refractivity contribution in [2.75, 3.05) is 19.7 Å². The third-order valence-electron chi connectivity index (χ3n) is 3.86. The Morgan fingerprint density at radius 3 is 2.29 bits per heavy atom. The van der Waals surface area contributed by atoms with E-state index in [-0.39, 0.29) is 34.6 Å². The third-order valence-corrected chi connectivity index (χ3v) is 4.44. The van der Waals surface area contributed by atoms with Crippen molar-refractivity contribution < 1.29 is 19.4 Å². The van der Waals surface area contributed by atoms with Crippen LogP contribution >= 0.6 is 23.2 Å². The second-order valence-corrected chi connectivity index (χ2v) is 6.64. The second kappa shape index (κ2) is 11.0. The minimum absolute atomic E-state index is 0.00400. The Morgan fingerprint density at radius 1 is 1.07 bits per heavy atom. The maximum atomic E-state index is 12.4. The average Bonchev–Trinajstić information content (AvgIpc) is 2.69. The van der Waals surface area contributed by atoms with E-state index in [9.17, 15) is 14.7 Å². The average molecular weight is 426 g/mol. The van der Waals surface area contributed by atoms with Gasteiger partial charge in [-0.05, 0) is 19.1 Å². The SMILES string of the molecule is CCO[C@H](CNC(=O)c1c(Cl)cncc1Cl)[C@@H](O)CNC(=O)c1ccccc1. The second-order valence-electron chi connectivity index (χ2n) is 5.83. The predicted molar refractivity (Wildman–Crippen MR) is 107 cm³/mol. The molecule has 7 nitrogen and oxygen atoms in total. The van der Waals surface area contributed by atoms with Gasteiger partial charge in [-0.1, -0.05) is 41.4 Å². The highest BCUT2D eigenvalue weighted by Gasteiger charge is 2.23. The van der Waals surface area contributed by atoms with E-state index in [1.807, 2.05) is 0 Å². The van der Waals surface area contributed by atoms with E-state index in [0.29, 0.717) is 12.2 Å². The molecule has 0 saturated carbocycles. The lowest BCUT2D eigenvalue weighted by Gasteiger charge is -2.23. The molecule has 2 rings (SSSR count). The number of ether oxygens (including phenoxy) is 1. The van der Waals surface area contributed by atoms with Crippen LogP contribution in [0.15, 0.2) is 42.7 Å². The zero-order chi connectivity index (χ0) is 20.5. The van der Waals surface area contributed by atoms with Crippen molar-refractivity contribution in [1.82, 2.24) is 15.6 Å². The Bertz CT molecular complexity index is 785. The van der Waals surface area contributed by atoms with E-state index in [2.05, 4.69) is 15.6 Å². The summed E-state index contributed by atoms with van der Waals surface area (Å²) in [4.78, 5) is 28.2. The highest BCUT2D eigenvalue weighted by Crippen LogP contribution is 2.22. The number of hydrogen-bond acceptors (Lipinski definition) is 5. The first-order chi connectivity index (χ1) is 13.4. The number of aliphatic hydroxyl groups is 1. The van der Waals surface area contributed by atoms with Gasteiger partial charge in [-0.25, -0.2) is 0 Å². The molecule has 0 aliphatic heterocycles. The molecule has 0 aliphatic rings. The molecule has 0 unspecified atom stereocenters. The first-order valence-corrected chi connectivity index (χ1v) is 9.39. The number of amides is 2. The topological polar surface area (TPSA) is 101 Å². The molecule has 0 radical (unpaired) electrons. The molecule has 0 bridgehead atoms. The summed E-state index contributed by atoms with van der Waals surface area (Å²) in [5.41, 5.74) is 0.582. The molecular weight excluding hydrogens is 405 g/mol. The summed E-state index contributed by atoms with van der Waals surface area (Å²) in [5, 5.41) is 15.9. The summed E-state index contributed by atoms with van der Waals surface area (Å²) in [6, 6.07) is 8.65. The Balaban J connectivity index is 1.92. The van der Waals surface area contributed by atoms with Gasteiger partial charge in [0.15, 0.2) is 0 Å². The molecule has 0 saturated heterocycles. The highest BCUT2D eigenvalue weighted by molar-refractivity contribution is 6.39. The number of halogens is 2. The van der Waals surface area contributed by atoms with Crippen molar-refractivity contribution >= 4 is 35.0 Å². The molecule has 1 aromatic carbocycles. The number of benzene rings is 1. The van der Waals surface area contributed by atoms with Crippen LogP contribution in [0.5, 0.6) is 0 Å². The molecule has 0 aliphatic carbocycles. The number of nitrogens with one attached hydrogen (secondary N) is 2. The first-order valence-electron chi connectivity index (χ1n) is 8.64. The van der Waals surface area contributed by atoms with Gasteiger partial charge < -0.3 is 20.5 Å². The molecule has 9 heteroatoms. The van der Waals surface area contributed by atoms with Crippen molar-refractivity contribution in [1.29, 1.82) is 0 Å². The van der Waals surface area contributed by atoms with Gasteiger partial charge in [0.05, 0.1) is 21.7 Å². The van der Waals surface area contributed by atoms with Gasteiger partial charge in [0.2, 0.25) is 0 Å². The number of nitrogens with zero attached hydrogens (tertiary/aromatic N) is 1. The van der Waals surface area contributed by atoms with E-state index in [0.717, 1.165) is 0 Å². The number of pyridine rings is 1. The maximum Gasteiger partial charge on any atom is 0.254 e. The smallest absolute Gasteiger partial charge is 0.254 e. The largest absolute Gasteiger partial charge is 0.388 e. The fourth-order valence-corrected chi connectivity index (χ4v) is 2.99. The number of aromatic nitrogens is 1. The molecule has 2 amide bonds. The van der Waals surface area contributed by atoms with E-state index >= 15 is 0 Å². The fraction of sp³-hybridized carbons (Fsp3) is 0.316. The lowest BCUT2D eigenvalue weighted by atomic mass is 10.1. The van der Waals surface area contributed by atoms with E-state index in [1.165, 1.54) is 12.4 Å². The monoisotopic (exact) mass is 425 g/mol. The maximum absolute atomic E-state index is 12.4. The molecule has 150 valence electrons. The van der Waals surface area contributed by atoms with Crippen LogP contribution in [-0.4, -0.2) is 53.8 Å². The van der Waals surface area contributed by atoms with Crippen LogP contribution in [0.4, 0.5) is 0 Å². The number of rotatable bonds is 9. The summed E-state index contributed by atoms with van der Waals surface area (Å²) in [6.07, 6.45) is 0.868. The molecule has 3 N–H and O–H groups in total. The van der Waals surface area contributed by atoms with E-state index in [1.54, 1.807) is 37.3 Å².